The average Bonchev–Trinajstić information content (AvgIpc) is 2.30. The molecule has 0 saturated heterocycles. The Hall–Kier alpha value is -1.19. The van der Waals surface area contributed by atoms with Crippen LogP contribution in [0.15, 0.2) is 24.3 Å². The van der Waals surface area contributed by atoms with Crippen LogP contribution in [0.2, 0.25) is 10.0 Å². The van der Waals surface area contributed by atoms with Crippen molar-refractivity contribution in [2.24, 2.45) is 0 Å². The van der Waals surface area contributed by atoms with Crippen molar-refractivity contribution in [2.45, 2.75) is 6.92 Å². The molecule has 0 saturated carbocycles. The van der Waals surface area contributed by atoms with Gasteiger partial charge in [-0.25, -0.2) is 13.2 Å². The highest BCUT2D eigenvalue weighted by molar-refractivity contribution is 6.32. The Bertz CT molecular complexity index is 601. The average molecular weight is 291 g/mol. The largest absolute Gasteiger partial charge is 0.207 e. The molecule has 0 spiro atoms. The van der Waals surface area contributed by atoms with Gasteiger partial charge in [0, 0.05) is 5.02 Å². The molecule has 5 heteroatoms. The summed E-state index contributed by atoms with van der Waals surface area (Å²) in [6.45, 7) is 1.64. The maximum Gasteiger partial charge on any atom is 0.145 e. The van der Waals surface area contributed by atoms with Gasteiger partial charge in [0.15, 0.2) is 0 Å². The lowest BCUT2D eigenvalue weighted by Gasteiger charge is -2.09. The van der Waals surface area contributed by atoms with E-state index in [0.29, 0.717) is 11.1 Å². The zero-order valence-electron chi connectivity index (χ0n) is 9.20. The minimum absolute atomic E-state index is 0.188. The second-order valence-corrected chi connectivity index (χ2v) is 4.60. The van der Waals surface area contributed by atoms with Gasteiger partial charge in [-0.3, -0.25) is 0 Å². The zero-order valence-corrected chi connectivity index (χ0v) is 10.7. The van der Waals surface area contributed by atoms with Gasteiger partial charge in [0.05, 0.1) is 0 Å². The third-order valence-electron chi connectivity index (χ3n) is 2.60. The maximum absolute atomic E-state index is 13.4. The van der Waals surface area contributed by atoms with Gasteiger partial charge in [0.2, 0.25) is 0 Å². The molecule has 0 amide bonds. The second-order valence-electron chi connectivity index (χ2n) is 3.81. The molecular weight excluding hydrogens is 284 g/mol. The third-order valence-corrected chi connectivity index (χ3v) is 3.36. The number of rotatable bonds is 1. The van der Waals surface area contributed by atoms with E-state index in [2.05, 4.69) is 0 Å². The van der Waals surface area contributed by atoms with E-state index >= 15 is 0 Å². The number of hydrogen-bond donors (Lipinski definition) is 0. The Labute approximate surface area is 112 Å². The monoisotopic (exact) mass is 290 g/mol. The Kier molecular flexibility index (Phi) is 3.55. The van der Waals surface area contributed by atoms with Gasteiger partial charge in [-0.2, -0.15) is 0 Å². The maximum atomic E-state index is 13.4. The van der Waals surface area contributed by atoms with Crippen LogP contribution in [0.4, 0.5) is 13.2 Å². The first kappa shape index (κ1) is 13.2. The fraction of sp³-hybridized carbons (Fsp3) is 0.0769. The SMILES string of the molecule is Cc1c(Cl)cc(F)cc1-c1cc(F)c(Cl)c(F)c1. The molecule has 0 unspecified atom stereocenters. The molecule has 2 rings (SSSR count). The van der Waals surface area contributed by atoms with Crippen LogP contribution in [-0.4, -0.2) is 0 Å². The molecule has 0 aliphatic rings. The molecule has 0 aromatic heterocycles. The lowest BCUT2D eigenvalue weighted by atomic mass is 10.00. The highest BCUT2D eigenvalue weighted by Crippen LogP contribution is 2.32. The highest BCUT2D eigenvalue weighted by atomic mass is 35.5. The molecular formula is C13H7Cl2F3. The normalized spacial score (nSPS) is 10.8. The van der Waals surface area contributed by atoms with Crippen molar-refractivity contribution >= 4 is 23.2 Å². The molecule has 0 N–H and O–H groups in total. The van der Waals surface area contributed by atoms with Gasteiger partial charge in [0.25, 0.3) is 0 Å². The molecule has 0 heterocycles. The molecule has 94 valence electrons. The summed E-state index contributed by atoms with van der Waals surface area (Å²) in [7, 11) is 0. The van der Waals surface area contributed by atoms with Crippen LogP contribution in [-0.2, 0) is 0 Å². The summed E-state index contributed by atoms with van der Waals surface area (Å²) in [5.41, 5.74) is 1.06. The van der Waals surface area contributed by atoms with Crippen LogP contribution in [0.25, 0.3) is 11.1 Å². The summed E-state index contributed by atoms with van der Waals surface area (Å²) in [5.74, 6) is -2.37. The molecule has 0 fully saturated rings. The van der Waals surface area contributed by atoms with Crippen molar-refractivity contribution in [3.63, 3.8) is 0 Å². The first-order valence-corrected chi connectivity index (χ1v) is 5.76. The predicted molar refractivity (Wildman–Crippen MR) is 66.5 cm³/mol. The lowest BCUT2D eigenvalue weighted by molar-refractivity contribution is 0.585. The van der Waals surface area contributed by atoms with Crippen LogP contribution in [0.3, 0.4) is 0 Å². The quantitative estimate of drug-likeness (QED) is 0.618. The van der Waals surface area contributed by atoms with Gasteiger partial charge in [-0.05, 0) is 47.9 Å². The van der Waals surface area contributed by atoms with Gasteiger partial charge < -0.3 is 0 Å². The summed E-state index contributed by atoms with van der Waals surface area (Å²) in [4.78, 5) is 0. The van der Waals surface area contributed by atoms with Crippen molar-refractivity contribution in [1.82, 2.24) is 0 Å². The molecule has 0 aliphatic heterocycles. The fourth-order valence-corrected chi connectivity index (χ4v) is 1.97. The van der Waals surface area contributed by atoms with Crippen molar-refractivity contribution in [3.05, 3.63) is 57.3 Å². The van der Waals surface area contributed by atoms with Crippen LogP contribution in [0.5, 0.6) is 0 Å². The Balaban J connectivity index is 2.69. The molecule has 0 nitrogen and oxygen atoms in total. The smallest absolute Gasteiger partial charge is 0.145 e. The minimum Gasteiger partial charge on any atom is -0.207 e. The fourth-order valence-electron chi connectivity index (χ4n) is 1.66. The van der Waals surface area contributed by atoms with E-state index < -0.39 is 22.5 Å². The number of halogens is 5. The van der Waals surface area contributed by atoms with Crippen LogP contribution in [0.1, 0.15) is 5.56 Å². The zero-order chi connectivity index (χ0) is 13.4. The Morgan fingerprint density at radius 2 is 1.44 bits per heavy atom. The Morgan fingerprint density at radius 1 is 0.889 bits per heavy atom. The van der Waals surface area contributed by atoms with Gasteiger partial charge in [0.1, 0.15) is 22.5 Å². The number of hydrogen-bond acceptors (Lipinski definition) is 0. The second kappa shape index (κ2) is 4.82. The van der Waals surface area contributed by atoms with Crippen molar-refractivity contribution in [3.8, 4) is 11.1 Å². The molecule has 0 atom stereocenters. The predicted octanol–water partition coefficient (Wildman–Crippen LogP) is 5.39. The van der Waals surface area contributed by atoms with E-state index in [1.807, 2.05) is 0 Å². The molecule has 2 aromatic rings. The topological polar surface area (TPSA) is 0 Å². The van der Waals surface area contributed by atoms with E-state index in [0.717, 1.165) is 18.2 Å². The lowest BCUT2D eigenvalue weighted by Crippen LogP contribution is -1.91. The third kappa shape index (κ3) is 2.33. The van der Waals surface area contributed by atoms with Gasteiger partial charge in [-0.1, -0.05) is 23.2 Å². The highest BCUT2D eigenvalue weighted by Gasteiger charge is 2.13. The molecule has 18 heavy (non-hydrogen) atoms. The van der Waals surface area contributed by atoms with E-state index in [9.17, 15) is 13.2 Å². The molecule has 0 aliphatic carbocycles. The molecule has 0 radical (unpaired) electrons. The first-order valence-electron chi connectivity index (χ1n) is 5.00. The summed E-state index contributed by atoms with van der Waals surface area (Å²) in [6.07, 6.45) is 0. The summed E-state index contributed by atoms with van der Waals surface area (Å²) < 4.78 is 40.0. The summed E-state index contributed by atoms with van der Waals surface area (Å²) in [5, 5.41) is -0.389. The summed E-state index contributed by atoms with van der Waals surface area (Å²) in [6, 6.07) is 4.40. The van der Waals surface area contributed by atoms with Crippen LogP contribution >= 0.6 is 23.2 Å². The Morgan fingerprint density at radius 3 is 2.00 bits per heavy atom. The van der Waals surface area contributed by atoms with Gasteiger partial charge in [-0.15, -0.1) is 0 Å². The van der Waals surface area contributed by atoms with Crippen molar-refractivity contribution < 1.29 is 13.2 Å². The van der Waals surface area contributed by atoms with E-state index in [1.165, 1.54) is 6.07 Å². The van der Waals surface area contributed by atoms with Crippen molar-refractivity contribution in [2.75, 3.05) is 0 Å². The van der Waals surface area contributed by atoms with E-state index in [1.54, 1.807) is 6.92 Å². The van der Waals surface area contributed by atoms with Gasteiger partial charge >= 0.3 is 0 Å². The molecule has 2 aromatic carbocycles. The minimum atomic E-state index is -0.897. The first-order chi connectivity index (χ1) is 8.40. The van der Waals surface area contributed by atoms with E-state index in [-0.39, 0.29) is 10.6 Å². The molecule has 0 bridgehead atoms. The van der Waals surface area contributed by atoms with Crippen LogP contribution < -0.4 is 0 Å². The standard InChI is InChI=1S/C13H7Cl2F3/c1-6-9(4-8(16)5-10(6)14)7-2-11(17)13(15)12(18)3-7/h2-5H,1H3. The van der Waals surface area contributed by atoms with Crippen molar-refractivity contribution in [1.29, 1.82) is 0 Å². The van der Waals surface area contributed by atoms with Crippen LogP contribution in [0, 0.1) is 24.4 Å². The number of benzene rings is 2. The van der Waals surface area contributed by atoms with E-state index in [4.69, 9.17) is 23.2 Å². The summed E-state index contributed by atoms with van der Waals surface area (Å²) >= 11 is 11.2.